The lowest BCUT2D eigenvalue weighted by molar-refractivity contribution is -0.144. The molecule has 7 atom stereocenters. The van der Waals surface area contributed by atoms with Crippen molar-refractivity contribution < 1.29 is 19.4 Å². The zero-order valence-electron chi connectivity index (χ0n) is 19.8. The number of hydrogen-bond donors (Lipinski definition) is 3. The molecule has 0 aromatic carbocycles. The van der Waals surface area contributed by atoms with E-state index in [1.54, 1.807) is 13.3 Å². The minimum Gasteiger partial charge on any atom is -0.392 e. The van der Waals surface area contributed by atoms with Crippen molar-refractivity contribution >= 4 is 11.8 Å². The maximum Gasteiger partial charge on any atom is 0.223 e. The molecule has 0 radical (unpaired) electrons. The van der Waals surface area contributed by atoms with Gasteiger partial charge in [0.25, 0.3) is 0 Å². The number of methoxy groups -OCH3 is 1. The van der Waals surface area contributed by atoms with Gasteiger partial charge >= 0.3 is 0 Å². The van der Waals surface area contributed by atoms with Crippen molar-refractivity contribution in [3.05, 3.63) is 30.1 Å². The van der Waals surface area contributed by atoms with Crippen molar-refractivity contribution in [2.45, 2.75) is 71.6 Å². The van der Waals surface area contributed by atoms with E-state index in [0.717, 1.165) is 31.4 Å². The largest absolute Gasteiger partial charge is 0.392 e. The minimum atomic E-state index is -0.571. The summed E-state index contributed by atoms with van der Waals surface area (Å²) in [6, 6.07) is 5.68. The molecule has 2 fully saturated rings. The first kappa shape index (κ1) is 24.6. The number of aliphatic hydroxyl groups is 1. The van der Waals surface area contributed by atoms with E-state index in [0.29, 0.717) is 19.6 Å². The normalized spacial score (nSPS) is 33.1. The highest BCUT2D eigenvalue weighted by atomic mass is 16.5. The minimum absolute atomic E-state index is 0.00332. The fourth-order valence-electron chi connectivity index (χ4n) is 6.01. The van der Waals surface area contributed by atoms with Gasteiger partial charge in [0, 0.05) is 31.7 Å². The number of pyridine rings is 1. The summed E-state index contributed by atoms with van der Waals surface area (Å²) in [6.07, 6.45) is 5.21. The van der Waals surface area contributed by atoms with E-state index in [1.165, 1.54) is 0 Å². The van der Waals surface area contributed by atoms with Crippen molar-refractivity contribution in [3.8, 4) is 0 Å². The molecule has 1 aromatic heterocycles. The molecule has 0 aliphatic heterocycles. The average molecular weight is 446 g/mol. The Balaban J connectivity index is 1.64. The van der Waals surface area contributed by atoms with E-state index in [4.69, 9.17) is 4.74 Å². The van der Waals surface area contributed by atoms with Crippen LogP contribution in [0.4, 0.5) is 0 Å². The van der Waals surface area contributed by atoms with E-state index in [-0.39, 0.29) is 46.9 Å². The van der Waals surface area contributed by atoms with E-state index < -0.39 is 6.10 Å². The van der Waals surface area contributed by atoms with Crippen molar-refractivity contribution in [2.75, 3.05) is 13.7 Å². The van der Waals surface area contributed by atoms with E-state index in [9.17, 15) is 14.7 Å². The number of nitrogens with one attached hydrogen (secondary N) is 2. The quantitative estimate of drug-likeness (QED) is 0.571. The summed E-state index contributed by atoms with van der Waals surface area (Å²) in [5, 5.41) is 17.6. The third-order valence-corrected chi connectivity index (χ3v) is 7.99. The molecule has 1 aromatic rings. The van der Waals surface area contributed by atoms with Gasteiger partial charge in [0.05, 0.1) is 24.9 Å². The first-order valence-electron chi connectivity index (χ1n) is 11.9. The number of carbonyl (C=O) groups is 2. The Hall–Kier alpha value is -1.99. The molecule has 2 amide bonds. The van der Waals surface area contributed by atoms with Crippen LogP contribution in [-0.2, 0) is 20.9 Å². The van der Waals surface area contributed by atoms with Gasteiger partial charge in [-0.3, -0.25) is 14.6 Å². The van der Waals surface area contributed by atoms with Crippen LogP contribution < -0.4 is 10.6 Å². The molecule has 3 N–H and O–H groups in total. The lowest BCUT2D eigenvalue weighted by Crippen LogP contribution is -2.58. The molecule has 0 spiro atoms. The maximum absolute atomic E-state index is 12.9. The van der Waals surface area contributed by atoms with Gasteiger partial charge in [-0.15, -0.1) is 0 Å². The Morgan fingerprint density at radius 2 is 2.06 bits per heavy atom. The van der Waals surface area contributed by atoms with Crippen LogP contribution in [0.1, 0.15) is 58.6 Å². The van der Waals surface area contributed by atoms with Crippen molar-refractivity contribution in [3.63, 3.8) is 0 Å². The molecule has 0 saturated heterocycles. The zero-order chi connectivity index (χ0) is 23.3. The number of ether oxygens (including phenoxy) is 1. The van der Waals surface area contributed by atoms with Gasteiger partial charge in [0.2, 0.25) is 11.8 Å². The second-order valence-electron chi connectivity index (χ2n) is 10.0. The van der Waals surface area contributed by atoms with Crippen LogP contribution >= 0.6 is 0 Å². The van der Waals surface area contributed by atoms with Gasteiger partial charge in [0.1, 0.15) is 0 Å². The Bertz CT molecular complexity index is 774. The van der Waals surface area contributed by atoms with Crippen molar-refractivity contribution in [1.82, 2.24) is 15.6 Å². The molecular formula is C25H39N3O4. The number of aliphatic hydroxyl groups excluding tert-OH is 1. The topological polar surface area (TPSA) is 101 Å². The number of amides is 2. The Morgan fingerprint density at radius 3 is 2.75 bits per heavy atom. The lowest BCUT2D eigenvalue weighted by Gasteiger charge is -2.56. The van der Waals surface area contributed by atoms with Gasteiger partial charge in [-0.25, -0.2) is 0 Å². The summed E-state index contributed by atoms with van der Waals surface area (Å²) < 4.78 is 5.02. The number of aromatic nitrogens is 1. The second-order valence-corrected chi connectivity index (χ2v) is 10.0. The molecule has 7 nitrogen and oxygen atoms in total. The number of nitrogens with zero attached hydrogens (tertiary/aromatic N) is 1. The van der Waals surface area contributed by atoms with Crippen LogP contribution in [0.5, 0.6) is 0 Å². The van der Waals surface area contributed by atoms with Crippen LogP contribution in [0.15, 0.2) is 24.4 Å². The first-order valence-corrected chi connectivity index (χ1v) is 11.9. The van der Waals surface area contributed by atoms with E-state index >= 15 is 0 Å². The Morgan fingerprint density at radius 1 is 1.31 bits per heavy atom. The summed E-state index contributed by atoms with van der Waals surface area (Å²) in [6.45, 7) is 7.12. The number of fused-ring (bicyclic) bond motifs is 1. The Kier molecular flexibility index (Phi) is 8.28. The molecule has 0 unspecified atom stereocenters. The Labute approximate surface area is 191 Å². The summed E-state index contributed by atoms with van der Waals surface area (Å²) in [4.78, 5) is 29.4. The van der Waals surface area contributed by atoms with Crippen molar-refractivity contribution in [2.24, 2.45) is 29.1 Å². The maximum atomic E-state index is 12.9. The first-order chi connectivity index (χ1) is 15.3. The second kappa shape index (κ2) is 10.8. The fraction of sp³-hybridized carbons (Fsp3) is 0.720. The summed E-state index contributed by atoms with van der Waals surface area (Å²) in [7, 11) is 1.59. The highest BCUT2D eigenvalue weighted by Crippen LogP contribution is 2.55. The third kappa shape index (κ3) is 5.49. The van der Waals surface area contributed by atoms with Crippen LogP contribution in [0.2, 0.25) is 0 Å². The van der Waals surface area contributed by atoms with Gasteiger partial charge < -0.3 is 20.5 Å². The molecule has 178 valence electrons. The number of carbonyl (C=O) groups excluding carboxylic acids is 2. The highest BCUT2D eigenvalue weighted by Gasteiger charge is 2.53. The number of rotatable bonds is 8. The zero-order valence-corrected chi connectivity index (χ0v) is 19.8. The molecule has 3 rings (SSSR count). The summed E-state index contributed by atoms with van der Waals surface area (Å²) >= 11 is 0. The van der Waals surface area contributed by atoms with Crippen molar-refractivity contribution in [1.29, 1.82) is 0 Å². The molecule has 2 aliphatic carbocycles. The smallest absolute Gasteiger partial charge is 0.223 e. The monoisotopic (exact) mass is 445 g/mol. The van der Waals surface area contributed by atoms with Crippen LogP contribution in [0, 0.1) is 29.1 Å². The van der Waals surface area contributed by atoms with Gasteiger partial charge in [-0.2, -0.15) is 0 Å². The summed E-state index contributed by atoms with van der Waals surface area (Å²) in [5.41, 5.74) is 0.852. The molecule has 1 heterocycles. The van der Waals surface area contributed by atoms with Gasteiger partial charge in [-0.1, -0.05) is 26.8 Å². The molecule has 32 heavy (non-hydrogen) atoms. The van der Waals surface area contributed by atoms with Crippen LogP contribution in [0.3, 0.4) is 0 Å². The molecule has 2 saturated carbocycles. The van der Waals surface area contributed by atoms with Gasteiger partial charge in [-0.05, 0) is 61.0 Å². The summed E-state index contributed by atoms with van der Waals surface area (Å²) in [5.74, 6) is -0.243. The SMILES string of the molecule is COCCC(=O)N[C@H]1CC[C@@]2(C)CC[C@H]([C@H](C)C(=O)NCc3ccccn3)[C@H](O)[C@H]2[C@H]1C. The highest BCUT2D eigenvalue weighted by molar-refractivity contribution is 5.78. The third-order valence-electron chi connectivity index (χ3n) is 7.99. The van der Waals surface area contributed by atoms with Crippen LogP contribution in [-0.4, -0.2) is 47.8 Å². The van der Waals surface area contributed by atoms with Crippen LogP contribution in [0.25, 0.3) is 0 Å². The predicted octanol–water partition coefficient (Wildman–Crippen LogP) is 2.68. The molecular weight excluding hydrogens is 406 g/mol. The predicted molar refractivity (Wildman–Crippen MR) is 122 cm³/mol. The molecule has 2 aliphatic rings. The molecule has 7 heteroatoms. The number of hydrogen-bond acceptors (Lipinski definition) is 5. The van der Waals surface area contributed by atoms with Gasteiger partial charge in [0.15, 0.2) is 0 Å². The fourth-order valence-corrected chi connectivity index (χ4v) is 6.01. The van der Waals surface area contributed by atoms with E-state index in [1.807, 2.05) is 25.1 Å². The molecule has 0 bridgehead atoms. The van der Waals surface area contributed by atoms with E-state index in [2.05, 4.69) is 29.5 Å². The lowest BCUT2D eigenvalue weighted by atomic mass is 9.51. The standard InChI is InChI=1S/C25H39N3O4/c1-16(24(31)27-15-18-7-5-6-13-26-18)19-8-11-25(3)12-9-20(17(2)22(25)23(19)30)28-21(29)10-14-32-4/h5-7,13,16-17,19-20,22-23,30H,8-12,14-15H2,1-4H3,(H,27,31)(H,28,29)/t16-,17-,19+,20-,22+,23-,25+/m0/s1. The average Bonchev–Trinajstić information content (AvgIpc) is 2.78.